The lowest BCUT2D eigenvalue weighted by Gasteiger charge is -2.53. The van der Waals surface area contributed by atoms with Crippen molar-refractivity contribution in [1.82, 2.24) is 15.2 Å². The summed E-state index contributed by atoms with van der Waals surface area (Å²) in [6.07, 6.45) is 6.56. The third-order valence-electron chi connectivity index (χ3n) is 7.07. The number of ether oxygens (including phenoxy) is 1. The van der Waals surface area contributed by atoms with Crippen LogP contribution in [0.15, 0.2) is 83.9 Å². The molecule has 0 saturated carbocycles. The van der Waals surface area contributed by atoms with E-state index in [9.17, 15) is 19.2 Å². The predicted octanol–water partition coefficient (Wildman–Crippen LogP) is 2.97. The van der Waals surface area contributed by atoms with Crippen LogP contribution in [0.3, 0.4) is 0 Å². The number of aromatic nitrogens is 1. The minimum Gasteiger partial charge on any atom is -0.452 e. The maximum absolute atomic E-state index is 13.8. The second-order valence-corrected chi connectivity index (χ2v) is 11.8. The molecular weight excluding hydrogens is 603 g/mol. The minimum atomic E-state index is -1.16. The number of β-lactam (4-membered cyclic amide) rings is 1. The van der Waals surface area contributed by atoms with E-state index in [4.69, 9.17) is 16.0 Å². The molecule has 0 radical (unpaired) electrons. The quantitative estimate of drug-likeness (QED) is 0.0456. The van der Waals surface area contributed by atoms with Crippen LogP contribution in [0.4, 0.5) is 5.13 Å². The van der Waals surface area contributed by atoms with Crippen molar-refractivity contribution in [3.63, 3.8) is 0 Å². The number of esters is 1. The topological polar surface area (TPSA) is 139 Å². The van der Waals surface area contributed by atoms with Crippen molar-refractivity contribution in [2.24, 2.45) is 10.6 Å². The molecule has 2 aromatic carbocycles. The summed E-state index contributed by atoms with van der Waals surface area (Å²) in [7, 11) is 0. The number of thiazole rings is 1. The number of hydrogen-bond donors (Lipinski definition) is 2. The molecule has 2 unspecified atom stereocenters. The van der Waals surface area contributed by atoms with Gasteiger partial charge in [-0.05, 0) is 11.1 Å². The molecular formula is C31H27N5O6S2. The molecule has 0 spiro atoms. The first-order valence-electron chi connectivity index (χ1n) is 13.4. The molecule has 224 valence electrons. The van der Waals surface area contributed by atoms with E-state index >= 15 is 0 Å². The van der Waals surface area contributed by atoms with Crippen LogP contribution in [-0.4, -0.2) is 70.1 Å². The summed E-state index contributed by atoms with van der Waals surface area (Å²) in [6.45, 7) is 3.77. The normalized spacial score (nSPS) is 20.9. The number of oxime groups is 1. The third-order valence-corrected chi connectivity index (χ3v) is 9.39. The first-order chi connectivity index (χ1) is 21.4. The Hall–Kier alpha value is -4.93. The molecule has 11 nitrogen and oxygen atoms in total. The van der Waals surface area contributed by atoms with Crippen molar-refractivity contribution in [2.45, 2.75) is 17.5 Å². The van der Waals surface area contributed by atoms with Crippen LogP contribution >= 0.6 is 23.1 Å². The van der Waals surface area contributed by atoms with Crippen LogP contribution in [0.1, 0.15) is 22.9 Å². The van der Waals surface area contributed by atoms with Crippen LogP contribution in [0, 0.1) is 17.8 Å². The molecule has 13 heteroatoms. The molecule has 2 aliphatic rings. The van der Waals surface area contributed by atoms with E-state index in [1.165, 1.54) is 28.1 Å². The van der Waals surface area contributed by atoms with Gasteiger partial charge in [0.2, 0.25) is 12.3 Å². The molecule has 3 heterocycles. The molecule has 3 aromatic rings. The number of benzene rings is 2. The summed E-state index contributed by atoms with van der Waals surface area (Å²) in [5, 5.41) is 10.3. The zero-order chi connectivity index (χ0) is 31.1. The van der Waals surface area contributed by atoms with Crippen molar-refractivity contribution >= 4 is 58.1 Å². The number of thioether (sulfide) groups is 1. The lowest BCUT2D eigenvalue weighted by Crippen LogP contribution is -2.73. The summed E-state index contributed by atoms with van der Waals surface area (Å²) in [5.41, 5.74) is 0.390. The second-order valence-electron chi connectivity index (χ2n) is 9.80. The summed E-state index contributed by atoms with van der Waals surface area (Å²) >= 11 is 2.42. The fourth-order valence-corrected chi connectivity index (χ4v) is 6.97. The molecule has 0 aliphatic carbocycles. The standard InChI is InChI=1S/C31H27N5O6S2/c1-3-15-41-35-23(22-16-43-30(33-22)32-19-37)26(38)34-24-27(39)36-17-31(4-2,18-44-28(24)36)29(40)42-25(20-11-7-5-8-12-20)21-13-9-6-10-14-21/h1,4-14,16,19,24-25,28H,2,15,17-18H2,(H,34,38)(H,32,33,37)/t24?,28-,31?/m1/s1. The highest BCUT2D eigenvalue weighted by molar-refractivity contribution is 8.00. The Kier molecular flexibility index (Phi) is 9.42. The van der Waals surface area contributed by atoms with Gasteiger partial charge in [0.05, 0.1) is 0 Å². The fourth-order valence-electron chi connectivity index (χ4n) is 4.78. The van der Waals surface area contributed by atoms with E-state index in [0.29, 0.717) is 6.41 Å². The lowest BCUT2D eigenvalue weighted by molar-refractivity contribution is -0.162. The minimum absolute atomic E-state index is 0.0491. The number of carbonyl (C=O) groups excluding carboxylic acids is 4. The number of carbonyl (C=O) groups is 4. The molecule has 3 amide bonds. The number of anilines is 1. The zero-order valence-electron chi connectivity index (χ0n) is 23.3. The Morgan fingerprint density at radius 1 is 1.20 bits per heavy atom. The van der Waals surface area contributed by atoms with Crippen molar-refractivity contribution in [3.8, 4) is 12.3 Å². The Morgan fingerprint density at radius 2 is 1.89 bits per heavy atom. The van der Waals surface area contributed by atoms with Gasteiger partial charge in [-0.25, -0.2) is 4.98 Å². The van der Waals surface area contributed by atoms with Gasteiger partial charge < -0.3 is 25.1 Å². The Balaban J connectivity index is 1.29. The van der Waals surface area contributed by atoms with Gasteiger partial charge in [0.1, 0.15) is 22.5 Å². The number of amides is 3. The monoisotopic (exact) mass is 629 g/mol. The zero-order valence-corrected chi connectivity index (χ0v) is 24.9. The van der Waals surface area contributed by atoms with E-state index in [-0.39, 0.29) is 41.3 Å². The summed E-state index contributed by atoms with van der Waals surface area (Å²) in [4.78, 5) is 61.8. The fraction of sp³-hybridized carbons (Fsp3) is 0.226. The van der Waals surface area contributed by atoms with Gasteiger partial charge in [-0.2, -0.15) is 0 Å². The van der Waals surface area contributed by atoms with E-state index in [2.05, 4.69) is 33.3 Å². The molecule has 2 N–H and O–H groups in total. The molecule has 44 heavy (non-hydrogen) atoms. The van der Waals surface area contributed by atoms with Gasteiger partial charge in [-0.15, -0.1) is 36.1 Å². The predicted molar refractivity (Wildman–Crippen MR) is 166 cm³/mol. The van der Waals surface area contributed by atoms with Crippen molar-refractivity contribution in [2.75, 3.05) is 24.2 Å². The van der Waals surface area contributed by atoms with Crippen molar-refractivity contribution in [3.05, 3.63) is 95.5 Å². The SMILES string of the molecule is C#CCON=C(C(=O)NC1C(=O)N2CC(C=C)(C(=O)OC(c3ccccc3)c3ccccc3)CS[C@H]12)c1csc(NC=O)n1. The molecule has 2 saturated heterocycles. The first-order valence-corrected chi connectivity index (χ1v) is 15.3. The van der Waals surface area contributed by atoms with Crippen molar-refractivity contribution in [1.29, 1.82) is 0 Å². The van der Waals surface area contributed by atoms with Gasteiger partial charge in [0.15, 0.2) is 23.6 Å². The number of fused-ring (bicyclic) bond motifs is 1. The molecule has 2 fully saturated rings. The van der Waals surface area contributed by atoms with Crippen LogP contribution in [0.5, 0.6) is 0 Å². The molecule has 5 rings (SSSR count). The second kappa shape index (κ2) is 13.6. The highest BCUT2D eigenvalue weighted by Gasteiger charge is 2.57. The van der Waals surface area contributed by atoms with Gasteiger partial charge in [0.25, 0.3) is 5.91 Å². The van der Waals surface area contributed by atoms with E-state index in [1.807, 2.05) is 60.7 Å². The number of terminal acetylenes is 1. The number of nitrogens with one attached hydrogen (secondary N) is 2. The highest BCUT2D eigenvalue weighted by Crippen LogP contribution is 2.44. The first kappa shape index (κ1) is 30.5. The maximum atomic E-state index is 13.8. The maximum Gasteiger partial charge on any atom is 0.319 e. The Labute approximate surface area is 261 Å². The summed E-state index contributed by atoms with van der Waals surface area (Å²) in [5.74, 6) is 0.951. The van der Waals surface area contributed by atoms with E-state index < -0.39 is 34.8 Å². The van der Waals surface area contributed by atoms with Gasteiger partial charge in [0, 0.05) is 17.7 Å². The van der Waals surface area contributed by atoms with Gasteiger partial charge in [-0.3, -0.25) is 19.2 Å². The molecule has 3 atom stereocenters. The van der Waals surface area contributed by atoms with E-state index in [0.717, 1.165) is 22.5 Å². The molecule has 1 aromatic heterocycles. The largest absolute Gasteiger partial charge is 0.452 e. The number of nitrogens with zero attached hydrogens (tertiary/aromatic N) is 3. The van der Waals surface area contributed by atoms with Crippen molar-refractivity contribution < 1.29 is 28.8 Å². The van der Waals surface area contributed by atoms with Crippen LogP contribution in [0.25, 0.3) is 0 Å². The van der Waals surface area contributed by atoms with Gasteiger partial charge in [-0.1, -0.05) is 77.8 Å². The van der Waals surface area contributed by atoms with E-state index in [1.54, 1.807) is 0 Å². The average Bonchev–Trinajstić information content (AvgIpc) is 3.52. The van der Waals surface area contributed by atoms with Crippen LogP contribution < -0.4 is 10.6 Å². The number of rotatable bonds is 12. The lowest BCUT2D eigenvalue weighted by atomic mass is 9.87. The average molecular weight is 630 g/mol. The molecule has 2 aliphatic heterocycles. The van der Waals surface area contributed by atoms with Crippen LogP contribution in [-0.2, 0) is 28.8 Å². The smallest absolute Gasteiger partial charge is 0.319 e. The Morgan fingerprint density at radius 3 is 2.50 bits per heavy atom. The highest BCUT2D eigenvalue weighted by atomic mass is 32.2. The third kappa shape index (κ3) is 6.22. The van der Waals surface area contributed by atoms with Crippen LogP contribution in [0.2, 0.25) is 0 Å². The Bertz CT molecular complexity index is 1580. The number of hydrogen-bond acceptors (Lipinski definition) is 10. The summed E-state index contributed by atoms with van der Waals surface area (Å²) < 4.78 is 6.13. The summed E-state index contributed by atoms with van der Waals surface area (Å²) in [6, 6.07) is 18.0. The van der Waals surface area contributed by atoms with Gasteiger partial charge >= 0.3 is 5.97 Å². The molecule has 0 bridgehead atoms.